The van der Waals surface area contributed by atoms with Gasteiger partial charge in [0.2, 0.25) is 0 Å². The van der Waals surface area contributed by atoms with Gasteiger partial charge in [-0.05, 0) is 41.7 Å². The van der Waals surface area contributed by atoms with Crippen molar-refractivity contribution >= 4 is 65.5 Å². The molecule has 4 aromatic rings. The number of anilines is 4. The molecule has 1 aromatic heterocycles. The predicted molar refractivity (Wildman–Crippen MR) is 111 cm³/mol. The molecule has 0 radical (unpaired) electrons. The molecule has 0 bridgehead atoms. The summed E-state index contributed by atoms with van der Waals surface area (Å²) in [6.07, 6.45) is 0. The van der Waals surface area contributed by atoms with E-state index in [0.29, 0.717) is 27.9 Å². The summed E-state index contributed by atoms with van der Waals surface area (Å²) in [6.45, 7) is 1.96. The quantitative estimate of drug-likeness (QED) is 0.102. The van der Waals surface area contributed by atoms with E-state index < -0.39 is 25.6 Å². The van der Waals surface area contributed by atoms with Crippen LogP contribution in [0, 0.1) is 13.0 Å². The summed E-state index contributed by atoms with van der Waals surface area (Å²) in [5.74, 6) is 0. The van der Waals surface area contributed by atoms with Gasteiger partial charge in [0, 0.05) is 0 Å². The van der Waals surface area contributed by atoms with Crippen LogP contribution in [0.4, 0.5) is 22.7 Å². The molecule has 0 saturated carbocycles. The number of fused-ring (bicyclic) bond motifs is 4. The van der Waals surface area contributed by atoms with Crippen molar-refractivity contribution < 1.29 is 84.7 Å². The topological polar surface area (TPSA) is 158 Å². The SMILES string of the molecule is Cc1ccc2c(c1)Nc1cc3nc4cc[c-]cc4nc3c(S(=O)(=O)[O-])c1N2.O=S(=O)=O.[Na+].[Na+]. The summed E-state index contributed by atoms with van der Waals surface area (Å²) in [7, 11) is -7.93. The third-order valence-corrected chi connectivity index (χ3v) is 5.38. The van der Waals surface area contributed by atoms with Crippen molar-refractivity contribution in [1.29, 1.82) is 0 Å². The summed E-state index contributed by atoms with van der Waals surface area (Å²) in [5, 5.41) is 6.26. The largest absolute Gasteiger partial charge is 1.00 e. The first-order chi connectivity index (χ1) is 14.6. The van der Waals surface area contributed by atoms with Crippen LogP contribution in [0.25, 0.3) is 22.1 Å². The fraction of sp³-hybridized carbons (Fsp3) is 0.0526. The summed E-state index contributed by atoms with van der Waals surface area (Å²) in [4.78, 5) is 8.45. The van der Waals surface area contributed by atoms with Crippen molar-refractivity contribution in [1.82, 2.24) is 9.97 Å². The van der Waals surface area contributed by atoms with Gasteiger partial charge in [-0.1, -0.05) is 6.07 Å². The van der Waals surface area contributed by atoms with Crippen molar-refractivity contribution in [2.75, 3.05) is 10.6 Å². The molecule has 3 aromatic carbocycles. The monoisotopic (exact) mass is 502 g/mol. The number of benzene rings is 3. The van der Waals surface area contributed by atoms with Crippen LogP contribution in [0.2, 0.25) is 0 Å². The number of nitrogens with one attached hydrogen (secondary N) is 2. The van der Waals surface area contributed by atoms with Crippen LogP contribution < -0.4 is 69.7 Å². The zero-order valence-corrected chi connectivity index (χ0v) is 23.3. The van der Waals surface area contributed by atoms with Gasteiger partial charge < -0.3 is 20.2 Å². The van der Waals surface area contributed by atoms with Crippen LogP contribution in [-0.2, 0) is 20.7 Å². The number of hydrogen-bond acceptors (Lipinski definition) is 10. The molecule has 0 fully saturated rings. The van der Waals surface area contributed by atoms with Crippen molar-refractivity contribution in [2.24, 2.45) is 0 Å². The van der Waals surface area contributed by atoms with Crippen molar-refractivity contribution in [3.05, 3.63) is 54.1 Å². The third kappa shape index (κ3) is 5.91. The second kappa shape index (κ2) is 10.8. The van der Waals surface area contributed by atoms with Crippen LogP contribution in [0.3, 0.4) is 0 Å². The van der Waals surface area contributed by atoms with Crippen LogP contribution >= 0.6 is 0 Å². The fourth-order valence-electron chi connectivity index (χ4n) is 3.29. The summed E-state index contributed by atoms with van der Waals surface area (Å²) in [5.41, 5.74) is 4.59. The molecule has 158 valence electrons. The average molecular weight is 502 g/mol. The van der Waals surface area contributed by atoms with Crippen molar-refractivity contribution in [3.8, 4) is 0 Å². The molecule has 5 rings (SSSR count). The molecule has 0 aliphatic carbocycles. The zero-order chi connectivity index (χ0) is 22.3. The molecule has 1 aliphatic heterocycles. The molecule has 2 N–H and O–H groups in total. The van der Waals surface area contributed by atoms with E-state index in [1.165, 1.54) is 0 Å². The second-order valence-electron chi connectivity index (χ2n) is 6.59. The van der Waals surface area contributed by atoms with Gasteiger partial charge in [-0.15, -0.1) is 24.8 Å². The van der Waals surface area contributed by atoms with Crippen molar-refractivity contribution in [2.45, 2.75) is 11.8 Å². The molecular formula is C19H12N4Na2O6S2. The van der Waals surface area contributed by atoms with Gasteiger partial charge >= 0.3 is 69.7 Å². The van der Waals surface area contributed by atoms with E-state index in [-0.39, 0.29) is 70.3 Å². The molecule has 0 spiro atoms. The maximum absolute atomic E-state index is 12.1. The third-order valence-electron chi connectivity index (χ3n) is 4.48. The molecule has 10 nitrogen and oxygen atoms in total. The van der Waals surface area contributed by atoms with Gasteiger partial charge in [-0.2, -0.15) is 12.1 Å². The fourth-order valence-corrected chi connectivity index (χ4v) is 4.09. The molecule has 0 atom stereocenters. The minimum atomic E-state index is -4.82. The Labute approximate surface area is 234 Å². The van der Waals surface area contributed by atoms with E-state index >= 15 is 0 Å². The molecule has 33 heavy (non-hydrogen) atoms. The summed E-state index contributed by atoms with van der Waals surface area (Å²) < 4.78 is 61.7. The van der Waals surface area contributed by atoms with Gasteiger partial charge in [0.05, 0.1) is 33.8 Å². The van der Waals surface area contributed by atoms with E-state index in [4.69, 9.17) is 12.6 Å². The predicted octanol–water partition coefficient (Wildman–Crippen LogP) is -3.40. The van der Waals surface area contributed by atoms with Gasteiger partial charge in [-0.25, -0.2) is 8.42 Å². The Morgan fingerprint density at radius 2 is 1.61 bits per heavy atom. The van der Waals surface area contributed by atoms with Crippen LogP contribution in [0.1, 0.15) is 5.56 Å². The number of aryl methyl sites for hydroxylation is 1. The molecule has 0 unspecified atom stereocenters. The molecule has 0 amide bonds. The van der Waals surface area contributed by atoms with E-state index in [1.54, 1.807) is 24.3 Å². The van der Waals surface area contributed by atoms with E-state index in [9.17, 15) is 13.0 Å². The van der Waals surface area contributed by atoms with Crippen LogP contribution in [0.15, 0.2) is 47.4 Å². The number of hydrogen-bond donors (Lipinski definition) is 2. The molecule has 1 aliphatic rings. The Kier molecular flexibility index (Phi) is 9.01. The van der Waals surface area contributed by atoms with E-state index in [0.717, 1.165) is 11.3 Å². The van der Waals surface area contributed by atoms with Crippen LogP contribution in [-0.4, -0.2) is 35.6 Å². The zero-order valence-electron chi connectivity index (χ0n) is 17.7. The standard InChI is InChI=1S/C19H13N4O3S.2Na.O3S/c1-10-6-7-13-14(8-10)21-16-9-15-17(19(18(16)23-13)27(24,25)26)22-12-5-3-2-4-11(12)20-15;;;1-4(2)3/h2,4-9,21,23H,1H3,(H,24,25,26);;;/q-1;2*+1;/p-1. The number of aromatic nitrogens is 2. The maximum atomic E-state index is 12.1. The van der Waals surface area contributed by atoms with Gasteiger partial charge in [-0.3, -0.25) is 4.98 Å². The first-order valence-electron chi connectivity index (χ1n) is 8.65. The van der Waals surface area contributed by atoms with Crippen LogP contribution in [0.5, 0.6) is 0 Å². The minimum Gasteiger partial charge on any atom is -0.744 e. The van der Waals surface area contributed by atoms with Gasteiger partial charge in [0.1, 0.15) is 15.0 Å². The smallest absolute Gasteiger partial charge is 0.744 e. The molecular weight excluding hydrogens is 490 g/mol. The van der Waals surface area contributed by atoms with Crippen molar-refractivity contribution in [3.63, 3.8) is 0 Å². The molecule has 0 saturated heterocycles. The Bertz CT molecular complexity index is 1590. The first kappa shape index (κ1) is 27.6. The summed E-state index contributed by atoms with van der Waals surface area (Å²) in [6, 6.07) is 15.3. The first-order valence-corrected chi connectivity index (χ1v) is 11.1. The Morgan fingerprint density at radius 3 is 2.27 bits per heavy atom. The molecule has 2 heterocycles. The Morgan fingerprint density at radius 1 is 0.909 bits per heavy atom. The Hall–Kier alpha value is -1.61. The average Bonchev–Trinajstić information content (AvgIpc) is 2.67. The number of rotatable bonds is 1. The van der Waals surface area contributed by atoms with Gasteiger partial charge in [0.15, 0.2) is 0 Å². The second-order valence-corrected chi connectivity index (χ2v) is 8.32. The normalized spacial score (nSPS) is 11.3. The number of nitrogens with zero attached hydrogens (tertiary/aromatic N) is 2. The maximum Gasteiger partial charge on any atom is 1.00 e. The van der Waals surface area contributed by atoms with E-state index in [2.05, 4.69) is 26.7 Å². The summed E-state index contributed by atoms with van der Waals surface area (Å²) >= 11 is 0. The minimum absolute atomic E-state index is 0. The molecule has 14 heteroatoms. The Balaban J connectivity index is 0.000000597. The van der Waals surface area contributed by atoms with E-state index in [1.807, 2.05) is 25.1 Å². The van der Waals surface area contributed by atoms with Gasteiger partial charge in [0.25, 0.3) is 0 Å².